The Morgan fingerprint density at radius 2 is 1.65 bits per heavy atom. The average Bonchev–Trinajstić information content (AvgIpc) is 2.66. The molecule has 2 nitrogen and oxygen atoms in total. The minimum Gasteiger partial charge on any atom is -0.329 e. The van der Waals surface area contributed by atoms with Gasteiger partial charge in [0.25, 0.3) is 0 Å². The van der Waals surface area contributed by atoms with Crippen LogP contribution in [0, 0.1) is 0 Å². The van der Waals surface area contributed by atoms with E-state index in [9.17, 15) is 0 Å². The summed E-state index contributed by atoms with van der Waals surface area (Å²) in [6.07, 6.45) is 6.55. The van der Waals surface area contributed by atoms with Crippen LogP contribution in [0.5, 0.6) is 0 Å². The van der Waals surface area contributed by atoms with Crippen molar-refractivity contribution in [2.45, 2.75) is 38.1 Å². The molecule has 0 saturated carbocycles. The maximum Gasteiger partial charge on any atom is 0.0258 e. The third-order valence-electron chi connectivity index (χ3n) is 3.74. The summed E-state index contributed by atoms with van der Waals surface area (Å²) in [5, 5.41) is 0. The van der Waals surface area contributed by atoms with Gasteiger partial charge in [0.1, 0.15) is 0 Å². The first-order chi connectivity index (χ1) is 8.40. The lowest BCUT2D eigenvalue weighted by molar-refractivity contribution is 0.206. The molecule has 1 aromatic carbocycles. The predicted octanol–water partition coefficient (Wildman–Crippen LogP) is 2.43. The Labute approximate surface area is 105 Å². The Kier molecular flexibility index (Phi) is 5.02. The summed E-state index contributed by atoms with van der Waals surface area (Å²) in [7, 11) is 0. The molecule has 1 atom stereocenters. The van der Waals surface area contributed by atoms with E-state index in [-0.39, 0.29) is 0 Å². The summed E-state index contributed by atoms with van der Waals surface area (Å²) >= 11 is 0. The lowest BCUT2D eigenvalue weighted by Crippen LogP contribution is -2.42. The number of rotatable bonds is 4. The van der Waals surface area contributed by atoms with Crippen LogP contribution in [-0.4, -0.2) is 30.6 Å². The van der Waals surface area contributed by atoms with E-state index >= 15 is 0 Å². The van der Waals surface area contributed by atoms with Gasteiger partial charge in [0.2, 0.25) is 0 Å². The van der Waals surface area contributed by atoms with Crippen molar-refractivity contribution in [3.8, 4) is 0 Å². The SMILES string of the molecule is NCC(Cc1ccccc1)N1CCCCCC1. The van der Waals surface area contributed by atoms with Crippen LogP contribution in [0.1, 0.15) is 31.2 Å². The van der Waals surface area contributed by atoms with E-state index in [0.29, 0.717) is 6.04 Å². The van der Waals surface area contributed by atoms with E-state index in [2.05, 4.69) is 35.2 Å². The second-order valence-electron chi connectivity index (χ2n) is 5.03. The number of likely N-dealkylation sites (tertiary alicyclic amines) is 1. The third-order valence-corrected chi connectivity index (χ3v) is 3.74. The van der Waals surface area contributed by atoms with Gasteiger partial charge in [-0.3, -0.25) is 4.90 Å². The van der Waals surface area contributed by atoms with Gasteiger partial charge in [0, 0.05) is 12.6 Å². The highest BCUT2D eigenvalue weighted by Gasteiger charge is 2.18. The highest BCUT2D eigenvalue weighted by atomic mass is 15.2. The van der Waals surface area contributed by atoms with Crippen LogP contribution in [0.15, 0.2) is 30.3 Å². The molecule has 0 bridgehead atoms. The summed E-state index contributed by atoms with van der Waals surface area (Å²) in [5.74, 6) is 0. The smallest absolute Gasteiger partial charge is 0.0258 e. The van der Waals surface area contributed by atoms with E-state index in [4.69, 9.17) is 5.73 Å². The molecule has 0 aliphatic carbocycles. The molecule has 0 aromatic heterocycles. The van der Waals surface area contributed by atoms with E-state index in [1.165, 1.54) is 44.3 Å². The van der Waals surface area contributed by atoms with E-state index in [1.807, 2.05) is 0 Å². The normalized spacial score (nSPS) is 19.8. The van der Waals surface area contributed by atoms with Crippen molar-refractivity contribution in [2.75, 3.05) is 19.6 Å². The fourth-order valence-electron chi connectivity index (χ4n) is 2.71. The molecule has 1 aliphatic heterocycles. The topological polar surface area (TPSA) is 29.3 Å². The molecular weight excluding hydrogens is 208 g/mol. The van der Waals surface area contributed by atoms with Crippen molar-refractivity contribution in [3.05, 3.63) is 35.9 Å². The zero-order chi connectivity index (χ0) is 11.9. The largest absolute Gasteiger partial charge is 0.329 e. The monoisotopic (exact) mass is 232 g/mol. The summed E-state index contributed by atoms with van der Waals surface area (Å²) in [4.78, 5) is 2.60. The van der Waals surface area contributed by atoms with Crippen molar-refractivity contribution in [3.63, 3.8) is 0 Å². The van der Waals surface area contributed by atoms with Crippen LogP contribution in [0.3, 0.4) is 0 Å². The highest BCUT2D eigenvalue weighted by Crippen LogP contribution is 2.15. The second-order valence-corrected chi connectivity index (χ2v) is 5.03. The standard InChI is InChI=1S/C15H24N2/c16-13-15(12-14-8-4-3-5-9-14)17-10-6-1-2-7-11-17/h3-5,8-9,15H,1-2,6-7,10-13,16H2. The van der Waals surface area contributed by atoms with Gasteiger partial charge in [0.15, 0.2) is 0 Å². The van der Waals surface area contributed by atoms with Crippen molar-refractivity contribution < 1.29 is 0 Å². The highest BCUT2D eigenvalue weighted by molar-refractivity contribution is 5.16. The molecule has 1 fully saturated rings. The Morgan fingerprint density at radius 1 is 1.00 bits per heavy atom. The maximum absolute atomic E-state index is 5.96. The zero-order valence-electron chi connectivity index (χ0n) is 10.6. The van der Waals surface area contributed by atoms with Gasteiger partial charge < -0.3 is 5.73 Å². The molecule has 1 aliphatic rings. The first-order valence-electron chi connectivity index (χ1n) is 6.88. The van der Waals surface area contributed by atoms with E-state index < -0.39 is 0 Å². The molecule has 17 heavy (non-hydrogen) atoms. The average molecular weight is 232 g/mol. The second kappa shape index (κ2) is 6.77. The molecule has 1 heterocycles. The summed E-state index contributed by atoms with van der Waals surface area (Å²) < 4.78 is 0. The van der Waals surface area contributed by atoms with Crippen LogP contribution in [0.2, 0.25) is 0 Å². The molecule has 0 amide bonds. The van der Waals surface area contributed by atoms with Gasteiger partial charge in [-0.15, -0.1) is 0 Å². The molecule has 0 spiro atoms. The van der Waals surface area contributed by atoms with Crippen LogP contribution >= 0.6 is 0 Å². The van der Waals surface area contributed by atoms with Gasteiger partial charge in [-0.1, -0.05) is 43.2 Å². The fourth-order valence-corrected chi connectivity index (χ4v) is 2.71. The van der Waals surface area contributed by atoms with Crippen LogP contribution in [0.25, 0.3) is 0 Å². The Hall–Kier alpha value is -0.860. The molecule has 2 N–H and O–H groups in total. The number of benzene rings is 1. The van der Waals surface area contributed by atoms with Gasteiger partial charge in [0.05, 0.1) is 0 Å². The first kappa shape index (κ1) is 12.6. The van der Waals surface area contributed by atoms with Crippen molar-refractivity contribution in [1.82, 2.24) is 4.90 Å². The van der Waals surface area contributed by atoms with Gasteiger partial charge in [-0.25, -0.2) is 0 Å². The van der Waals surface area contributed by atoms with Crippen LogP contribution in [0.4, 0.5) is 0 Å². The molecular formula is C15H24N2. The van der Waals surface area contributed by atoms with Crippen LogP contribution < -0.4 is 5.73 Å². The van der Waals surface area contributed by atoms with E-state index in [0.717, 1.165) is 13.0 Å². The number of nitrogens with zero attached hydrogens (tertiary/aromatic N) is 1. The quantitative estimate of drug-likeness (QED) is 0.864. The van der Waals surface area contributed by atoms with E-state index in [1.54, 1.807) is 0 Å². The fraction of sp³-hybridized carbons (Fsp3) is 0.600. The molecule has 1 saturated heterocycles. The van der Waals surface area contributed by atoms with Crippen LogP contribution in [-0.2, 0) is 6.42 Å². The number of nitrogens with two attached hydrogens (primary N) is 1. The summed E-state index contributed by atoms with van der Waals surface area (Å²) in [5.41, 5.74) is 7.37. The molecule has 2 heteroatoms. The lowest BCUT2D eigenvalue weighted by Gasteiger charge is -2.29. The minimum absolute atomic E-state index is 0.524. The zero-order valence-corrected chi connectivity index (χ0v) is 10.6. The molecule has 0 radical (unpaired) electrons. The molecule has 2 rings (SSSR count). The van der Waals surface area contributed by atoms with Gasteiger partial charge in [-0.05, 0) is 37.9 Å². The van der Waals surface area contributed by atoms with Gasteiger partial charge in [-0.2, -0.15) is 0 Å². The maximum atomic E-state index is 5.96. The van der Waals surface area contributed by atoms with Crippen molar-refractivity contribution in [1.29, 1.82) is 0 Å². The van der Waals surface area contributed by atoms with Crippen molar-refractivity contribution >= 4 is 0 Å². The molecule has 1 unspecified atom stereocenters. The molecule has 94 valence electrons. The lowest BCUT2D eigenvalue weighted by atomic mass is 10.0. The van der Waals surface area contributed by atoms with Crippen molar-refractivity contribution in [2.24, 2.45) is 5.73 Å². The summed E-state index contributed by atoms with van der Waals surface area (Å²) in [6.45, 7) is 3.23. The number of hydrogen-bond donors (Lipinski definition) is 1. The minimum atomic E-state index is 0.524. The molecule has 1 aromatic rings. The predicted molar refractivity (Wildman–Crippen MR) is 73.0 cm³/mol. The Balaban J connectivity index is 1.95. The Bertz CT molecular complexity index is 302. The third kappa shape index (κ3) is 3.83. The number of hydrogen-bond acceptors (Lipinski definition) is 2. The van der Waals surface area contributed by atoms with Gasteiger partial charge >= 0.3 is 0 Å². The Morgan fingerprint density at radius 3 is 2.24 bits per heavy atom. The first-order valence-corrected chi connectivity index (χ1v) is 6.88. The summed E-state index contributed by atoms with van der Waals surface area (Å²) in [6, 6.07) is 11.3.